The monoisotopic (exact) mass is 280 g/mol. The minimum absolute atomic E-state index is 0.0413. The first-order chi connectivity index (χ1) is 9.22. The Balaban J connectivity index is 0. The van der Waals surface area contributed by atoms with Crippen LogP contribution in [0, 0.1) is 0 Å². The second kappa shape index (κ2) is 19.4. The summed E-state index contributed by atoms with van der Waals surface area (Å²) in [6, 6.07) is 0. The van der Waals surface area contributed by atoms with Gasteiger partial charge in [-0.05, 0) is 0 Å². The first kappa shape index (κ1) is 20.3. The predicted octanol–water partition coefficient (Wildman–Crippen LogP) is -0.634. The maximum atomic E-state index is 9.84. The summed E-state index contributed by atoms with van der Waals surface area (Å²) in [7, 11) is 1.31. The fourth-order valence-electron chi connectivity index (χ4n) is 0.754. The molecule has 0 aromatic rings. The van der Waals surface area contributed by atoms with E-state index in [-0.39, 0.29) is 13.2 Å². The largest absolute Gasteiger partial charge is 0.466 e. The topological polar surface area (TPSA) is 94.5 Å². The Kier molecular flexibility index (Phi) is 20.7. The van der Waals surface area contributed by atoms with Crippen molar-refractivity contribution >= 4 is 5.97 Å². The smallest absolute Gasteiger partial charge is 0.329 e. The lowest BCUT2D eigenvalue weighted by atomic mass is 10.7. The van der Waals surface area contributed by atoms with Crippen molar-refractivity contribution in [3.05, 3.63) is 12.7 Å². The SMILES string of the molecule is C=CC(=O)OC.OCCOCCOCCOCCO. The van der Waals surface area contributed by atoms with Gasteiger partial charge in [-0.25, -0.2) is 4.79 Å². The number of aliphatic hydroxyl groups is 2. The molecule has 0 aromatic heterocycles. The molecule has 0 unspecified atom stereocenters. The maximum Gasteiger partial charge on any atom is 0.329 e. The van der Waals surface area contributed by atoms with Crippen LogP contribution in [0.15, 0.2) is 12.7 Å². The van der Waals surface area contributed by atoms with E-state index in [1.807, 2.05) is 0 Å². The van der Waals surface area contributed by atoms with E-state index >= 15 is 0 Å². The second-order valence-electron chi connectivity index (χ2n) is 3.01. The van der Waals surface area contributed by atoms with E-state index in [1.165, 1.54) is 7.11 Å². The first-order valence-corrected chi connectivity index (χ1v) is 5.88. The van der Waals surface area contributed by atoms with Crippen LogP contribution in [0.3, 0.4) is 0 Å². The van der Waals surface area contributed by atoms with E-state index in [9.17, 15) is 4.79 Å². The highest BCUT2D eigenvalue weighted by atomic mass is 16.5. The normalized spacial score (nSPS) is 9.42. The highest BCUT2D eigenvalue weighted by molar-refractivity contribution is 5.80. The highest BCUT2D eigenvalue weighted by Crippen LogP contribution is 1.80. The molecule has 19 heavy (non-hydrogen) atoms. The number of aliphatic hydroxyl groups excluding tert-OH is 2. The summed E-state index contributed by atoms with van der Waals surface area (Å²) in [6.45, 7) is 5.92. The summed E-state index contributed by atoms with van der Waals surface area (Å²) in [5.41, 5.74) is 0. The summed E-state index contributed by atoms with van der Waals surface area (Å²) in [5.74, 6) is -0.394. The van der Waals surface area contributed by atoms with Crippen molar-refractivity contribution in [1.29, 1.82) is 0 Å². The van der Waals surface area contributed by atoms with E-state index in [0.717, 1.165) is 6.08 Å². The summed E-state index contributed by atoms with van der Waals surface area (Å²) in [5, 5.41) is 16.7. The Labute approximate surface area is 113 Å². The van der Waals surface area contributed by atoms with Crippen molar-refractivity contribution in [3.63, 3.8) is 0 Å². The number of rotatable bonds is 11. The van der Waals surface area contributed by atoms with Crippen molar-refractivity contribution in [2.45, 2.75) is 0 Å². The predicted molar refractivity (Wildman–Crippen MR) is 68.8 cm³/mol. The highest BCUT2D eigenvalue weighted by Gasteiger charge is 1.89. The van der Waals surface area contributed by atoms with Gasteiger partial charge in [0.2, 0.25) is 0 Å². The van der Waals surface area contributed by atoms with Crippen LogP contribution in [0.25, 0.3) is 0 Å². The third-order valence-corrected chi connectivity index (χ3v) is 1.58. The van der Waals surface area contributed by atoms with E-state index < -0.39 is 5.97 Å². The fraction of sp³-hybridized carbons (Fsp3) is 0.750. The average Bonchev–Trinajstić information content (AvgIpc) is 2.45. The molecule has 0 saturated carbocycles. The molecular weight excluding hydrogens is 256 g/mol. The van der Waals surface area contributed by atoms with Gasteiger partial charge in [-0.2, -0.15) is 0 Å². The van der Waals surface area contributed by atoms with Crippen LogP contribution >= 0.6 is 0 Å². The number of methoxy groups -OCH3 is 1. The Morgan fingerprint density at radius 3 is 1.53 bits per heavy atom. The molecular formula is C12H24O7. The van der Waals surface area contributed by atoms with Gasteiger partial charge in [-0.3, -0.25) is 0 Å². The molecule has 0 aliphatic rings. The van der Waals surface area contributed by atoms with Gasteiger partial charge in [0, 0.05) is 6.08 Å². The molecule has 0 heterocycles. The van der Waals surface area contributed by atoms with Crippen molar-refractivity contribution in [2.24, 2.45) is 0 Å². The fourth-order valence-corrected chi connectivity index (χ4v) is 0.754. The zero-order valence-electron chi connectivity index (χ0n) is 11.4. The summed E-state index contributed by atoms with van der Waals surface area (Å²) < 4.78 is 19.2. The van der Waals surface area contributed by atoms with Gasteiger partial charge in [-0.15, -0.1) is 0 Å². The van der Waals surface area contributed by atoms with Crippen LogP contribution in [0.2, 0.25) is 0 Å². The molecule has 114 valence electrons. The number of esters is 1. The second-order valence-corrected chi connectivity index (χ2v) is 3.01. The first-order valence-electron chi connectivity index (χ1n) is 5.88. The Hall–Kier alpha value is -0.990. The molecule has 0 saturated heterocycles. The molecule has 0 atom stereocenters. The number of carbonyl (C=O) groups excluding carboxylic acids is 1. The molecule has 7 heteroatoms. The van der Waals surface area contributed by atoms with Crippen LogP contribution in [0.1, 0.15) is 0 Å². The third-order valence-electron chi connectivity index (χ3n) is 1.58. The summed E-state index contributed by atoms with van der Waals surface area (Å²) >= 11 is 0. The summed E-state index contributed by atoms with van der Waals surface area (Å²) in [6.07, 6.45) is 1.11. The Morgan fingerprint density at radius 2 is 1.32 bits per heavy atom. The zero-order valence-corrected chi connectivity index (χ0v) is 11.4. The molecule has 0 fully saturated rings. The summed E-state index contributed by atoms with van der Waals surface area (Å²) in [4.78, 5) is 9.84. The Morgan fingerprint density at radius 1 is 0.947 bits per heavy atom. The Bertz CT molecular complexity index is 187. The van der Waals surface area contributed by atoms with Crippen molar-refractivity contribution in [3.8, 4) is 0 Å². The van der Waals surface area contributed by atoms with Gasteiger partial charge in [0.1, 0.15) is 0 Å². The van der Waals surface area contributed by atoms with Crippen molar-refractivity contribution in [1.82, 2.24) is 0 Å². The van der Waals surface area contributed by atoms with Gasteiger partial charge in [-0.1, -0.05) is 6.58 Å². The average molecular weight is 280 g/mol. The maximum absolute atomic E-state index is 9.84. The number of carbonyl (C=O) groups is 1. The van der Waals surface area contributed by atoms with Crippen LogP contribution < -0.4 is 0 Å². The molecule has 0 amide bonds. The van der Waals surface area contributed by atoms with Gasteiger partial charge in [0.05, 0.1) is 60.0 Å². The molecule has 0 bridgehead atoms. The van der Waals surface area contributed by atoms with E-state index in [0.29, 0.717) is 39.6 Å². The van der Waals surface area contributed by atoms with Gasteiger partial charge >= 0.3 is 5.97 Å². The third kappa shape index (κ3) is 22.6. The van der Waals surface area contributed by atoms with Gasteiger partial charge in [0.25, 0.3) is 0 Å². The lowest BCUT2D eigenvalue weighted by molar-refractivity contribution is -0.134. The molecule has 0 spiro atoms. The number of hydrogen-bond donors (Lipinski definition) is 2. The zero-order chi connectivity index (χ0) is 14.8. The van der Waals surface area contributed by atoms with Gasteiger partial charge < -0.3 is 29.2 Å². The molecule has 0 aliphatic carbocycles. The molecule has 0 radical (unpaired) electrons. The van der Waals surface area contributed by atoms with Crippen LogP contribution in [0.4, 0.5) is 0 Å². The van der Waals surface area contributed by atoms with Crippen LogP contribution in [-0.2, 0) is 23.7 Å². The van der Waals surface area contributed by atoms with Crippen LogP contribution in [-0.4, -0.2) is 76.1 Å². The quantitative estimate of drug-likeness (QED) is 0.295. The van der Waals surface area contributed by atoms with Gasteiger partial charge in [0.15, 0.2) is 0 Å². The lowest BCUT2D eigenvalue weighted by Gasteiger charge is -2.04. The van der Waals surface area contributed by atoms with Crippen molar-refractivity contribution < 1.29 is 34.0 Å². The number of ether oxygens (including phenoxy) is 4. The lowest BCUT2D eigenvalue weighted by Crippen LogP contribution is -2.11. The standard InChI is InChI=1S/C8H18O5.C4H6O2/c9-1-3-11-5-7-13-8-6-12-4-2-10;1-3-4(5)6-2/h9-10H,1-8H2;3H,1H2,2H3. The molecule has 0 aromatic carbocycles. The van der Waals surface area contributed by atoms with Crippen LogP contribution in [0.5, 0.6) is 0 Å². The molecule has 7 nitrogen and oxygen atoms in total. The van der Waals surface area contributed by atoms with E-state index in [2.05, 4.69) is 11.3 Å². The van der Waals surface area contributed by atoms with E-state index in [1.54, 1.807) is 0 Å². The molecule has 0 rings (SSSR count). The minimum Gasteiger partial charge on any atom is -0.466 e. The minimum atomic E-state index is -0.394. The molecule has 0 aliphatic heterocycles. The molecule has 2 N–H and O–H groups in total. The number of hydrogen-bond acceptors (Lipinski definition) is 7. The van der Waals surface area contributed by atoms with E-state index in [4.69, 9.17) is 24.4 Å². The van der Waals surface area contributed by atoms with Crippen molar-refractivity contribution in [2.75, 3.05) is 60.0 Å².